The topological polar surface area (TPSA) is 43.8 Å². The average molecular weight is 302 g/mol. The Morgan fingerprint density at radius 2 is 1.94 bits per heavy atom. The second-order valence-electron chi connectivity index (χ2n) is 4.22. The molecule has 0 atom stereocenters. The summed E-state index contributed by atoms with van der Waals surface area (Å²) in [5.41, 5.74) is 10.2. The van der Waals surface area contributed by atoms with Crippen LogP contribution >= 0.6 is 15.9 Å². The number of nitrogens with zero attached hydrogens (tertiary/aromatic N) is 2. The van der Waals surface area contributed by atoms with E-state index in [-0.39, 0.29) is 0 Å². The van der Waals surface area contributed by atoms with Crippen molar-refractivity contribution in [3.05, 3.63) is 52.5 Å². The average Bonchev–Trinajstić information content (AvgIpc) is 2.66. The Labute approximate surface area is 113 Å². The van der Waals surface area contributed by atoms with Crippen molar-refractivity contribution in [2.24, 2.45) is 0 Å². The van der Waals surface area contributed by atoms with Crippen LogP contribution in [0.2, 0.25) is 0 Å². The lowest BCUT2D eigenvalue weighted by Crippen LogP contribution is -2.02. The van der Waals surface area contributed by atoms with Gasteiger partial charge in [0.1, 0.15) is 0 Å². The molecule has 4 heteroatoms. The summed E-state index contributed by atoms with van der Waals surface area (Å²) in [6.07, 6.45) is 0. The molecule has 0 radical (unpaired) electrons. The molecule has 0 aliphatic rings. The number of imidazole rings is 1. The Morgan fingerprint density at radius 3 is 2.72 bits per heavy atom. The second-order valence-corrected chi connectivity index (χ2v) is 5.14. The molecular formula is C14H12BrN3. The molecule has 0 bridgehead atoms. The molecule has 1 heterocycles. The van der Waals surface area contributed by atoms with E-state index in [9.17, 15) is 0 Å². The maximum absolute atomic E-state index is 6.03. The van der Waals surface area contributed by atoms with Crippen LogP contribution in [0.25, 0.3) is 16.7 Å². The number of para-hydroxylation sites is 2. The van der Waals surface area contributed by atoms with Crippen LogP contribution in [-0.2, 0) is 0 Å². The Hall–Kier alpha value is -1.81. The zero-order valence-electron chi connectivity index (χ0n) is 9.89. The summed E-state index contributed by atoms with van der Waals surface area (Å²) >= 11 is 3.47. The first-order chi connectivity index (χ1) is 8.66. The van der Waals surface area contributed by atoms with Crippen molar-refractivity contribution in [1.82, 2.24) is 9.55 Å². The molecule has 0 saturated carbocycles. The minimum atomic E-state index is 0.515. The van der Waals surface area contributed by atoms with Gasteiger partial charge in [-0.15, -0.1) is 0 Å². The van der Waals surface area contributed by atoms with Crippen molar-refractivity contribution >= 4 is 32.9 Å². The van der Waals surface area contributed by atoms with Gasteiger partial charge < -0.3 is 5.73 Å². The molecule has 0 aliphatic carbocycles. The molecule has 2 N–H and O–H groups in total. The van der Waals surface area contributed by atoms with E-state index in [1.54, 1.807) is 0 Å². The number of halogens is 1. The molecule has 3 rings (SSSR count). The lowest BCUT2D eigenvalue weighted by atomic mass is 10.2. The number of hydrogen-bond acceptors (Lipinski definition) is 2. The van der Waals surface area contributed by atoms with Crippen LogP contribution in [0.4, 0.5) is 5.95 Å². The number of benzene rings is 2. The number of fused-ring (bicyclic) bond motifs is 1. The van der Waals surface area contributed by atoms with Crippen LogP contribution in [0.1, 0.15) is 5.56 Å². The fraction of sp³-hybridized carbons (Fsp3) is 0.0714. The van der Waals surface area contributed by atoms with Crippen LogP contribution in [0.5, 0.6) is 0 Å². The zero-order valence-corrected chi connectivity index (χ0v) is 11.5. The predicted octanol–water partition coefficient (Wildman–Crippen LogP) is 3.68. The second kappa shape index (κ2) is 4.14. The smallest absolute Gasteiger partial charge is 0.205 e. The van der Waals surface area contributed by atoms with Gasteiger partial charge in [-0.3, -0.25) is 4.57 Å². The molecule has 2 aromatic carbocycles. The fourth-order valence-corrected chi connectivity index (χ4v) is 2.64. The minimum absolute atomic E-state index is 0.515. The van der Waals surface area contributed by atoms with Gasteiger partial charge in [-0.25, -0.2) is 4.98 Å². The van der Waals surface area contributed by atoms with Crippen molar-refractivity contribution in [2.45, 2.75) is 6.92 Å². The van der Waals surface area contributed by atoms with Crippen molar-refractivity contribution in [3.8, 4) is 5.69 Å². The normalized spacial score (nSPS) is 11.0. The molecule has 0 spiro atoms. The van der Waals surface area contributed by atoms with Crippen molar-refractivity contribution in [1.29, 1.82) is 0 Å². The molecule has 0 fully saturated rings. The molecule has 3 nitrogen and oxygen atoms in total. The highest BCUT2D eigenvalue weighted by molar-refractivity contribution is 9.10. The van der Waals surface area contributed by atoms with E-state index in [2.05, 4.69) is 33.9 Å². The highest BCUT2D eigenvalue weighted by atomic mass is 79.9. The lowest BCUT2D eigenvalue weighted by molar-refractivity contribution is 1.09. The highest BCUT2D eigenvalue weighted by Crippen LogP contribution is 2.26. The van der Waals surface area contributed by atoms with E-state index in [1.165, 1.54) is 0 Å². The minimum Gasteiger partial charge on any atom is -0.369 e. The standard InChI is InChI=1S/C14H12BrN3/c1-9-8-10(15)6-7-12(9)18-13-5-3-2-4-11(13)17-14(18)16/h2-8H,1H3,(H2,16,17). The van der Waals surface area contributed by atoms with Gasteiger partial charge in [-0.1, -0.05) is 28.1 Å². The van der Waals surface area contributed by atoms with Crippen LogP contribution in [0.3, 0.4) is 0 Å². The quantitative estimate of drug-likeness (QED) is 0.745. The first kappa shape index (κ1) is 11.3. The van der Waals surface area contributed by atoms with Gasteiger partial charge in [0.2, 0.25) is 5.95 Å². The maximum atomic E-state index is 6.03. The van der Waals surface area contributed by atoms with E-state index >= 15 is 0 Å². The molecule has 1 aromatic heterocycles. The van der Waals surface area contributed by atoms with Gasteiger partial charge in [0.05, 0.1) is 16.7 Å². The fourth-order valence-electron chi connectivity index (χ4n) is 2.17. The summed E-state index contributed by atoms with van der Waals surface area (Å²) in [5, 5.41) is 0. The van der Waals surface area contributed by atoms with Crippen molar-refractivity contribution in [2.75, 3.05) is 5.73 Å². The van der Waals surface area contributed by atoms with Gasteiger partial charge in [0, 0.05) is 4.47 Å². The lowest BCUT2D eigenvalue weighted by Gasteiger charge is -2.10. The molecule has 0 aliphatic heterocycles. The Bertz CT molecular complexity index is 731. The number of anilines is 1. The van der Waals surface area contributed by atoms with E-state index in [1.807, 2.05) is 41.0 Å². The van der Waals surface area contributed by atoms with E-state index in [0.717, 1.165) is 26.8 Å². The molecular weight excluding hydrogens is 290 g/mol. The molecule has 0 amide bonds. The van der Waals surface area contributed by atoms with Crippen LogP contribution in [-0.4, -0.2) is 9.55 Å². The SMILES string of the molecule is Cc1cc(Br)ccc1-n1c(N)nc2ccccc21. The number of rotatable bonds is 1. The number of aromatic nitrogens is 2. The third-order valence-electron chi connectivity index (χ3n) is 2.99. The first-order valence-electron chi connectivity index (χ1n) is 5.66. The summed E-state index contributed by atoms with van der Waals surface area (Å²) in [6.45, 7) is 2.06. The number of aryl methyl sites for hydroxylation is 1. The van der Waals surface area contributed by atoms with E-state index in [0.29, 0.717) is 5.95 Å². The zero-order chi connectivity index (χ0) is 12.7. The van der Waals surface area contributed by atoms with Gasteiger partial charge in [-0.2, -0.15) is 0 Å². The molecule has 0 saturated heterocycles. The monoisotopic (exact) mass is 301 g/mol. The summed E-state index contributed by atoms with van der Waals surface area (Å²) in [4.78, 5) is 4.38. The number of nitrogen functional groups attached to an aromatic ring is 1. The van der Waals surface area contributed by atoms with Crippen LogP contribution in [0.15, 0.2) is 46.9 Å². The predicted molar refractivity (Wildman–Crippen MR) is 77.9 cm³/mol. The van der Waals surface area contributed by atoms with Crippen molar-refractivity contribution in [3.63, 3.8) is 0 Å². The first-order valence-corrected chi connectivity index (χ1v) is 6.45. The van der Waals surface area contributed by atoms with Crippen LogP contribution < -0.4 is 5.73 Å². The summed E-state index contributed by atoms with van der Waals surface area (Å²) in [7, 11) is 0. The Balaban J connectivity index is 2.34. The van der Waals surface area contributed by atoms with E-state index < -0.39 is 0 Å². The largest absolute Gasteiger partial charge is 0.369 e. The van der Waals surface area contributed by atoms with Crippen molar-refractivity contribution < 1.29 is 0 Å². The third-order valence-corrected chi connectivity index (χ3v) is 3.48. The molecule has 3 aromatic rings. The Kier molecular flexibility index (Phi) is 2.59. The molecule has 90 valence electrons. The summed E-state index contributed by atoms with van der Waals surface area (Å²) in [6, 6.07) is 14.1. The van der Waals surface area contributed by atoms with Crippen LogP contribution in [0, 0.1) is 6.92 Å². The molecule has 0 unspecified atom stereocenters. The van der Waals surface area contributed by atoms with Gasteiger partial charge in [0.15, 0.2) is 0 Å². The molecule has 18 heavy (non-hydrogen) atoms. The van der Waals surface area contributed by atoms with Gasteiger partial charge in [-0.05, 0) is 42.8 Å². The summed E-state index contributed by atoms with van der Waals surface area (Å²) < 4.78 is 3.05. The van der Waals surface area contributed by atoms with Gasteiger partial charge in [0.25, 0.3) is 0 Å². The maximum Gasteiger partial charge on any atom is 0.205 e. The Morgan fingerprint density at radius 1 is 1.17 bits per heavy atom. The summed E-state index contributed by atoms with van der Waals surface area (Å²) in [5.74, 6) is 0.515. The highest BCUT2D eigenvalue weighted by Gasteiger charge is 2.11. The van der Waals surface area contributed by atoms with Gasteiger partial charge >= 0.3 is 0 Å². The number of hydrogen-bond donors (Lipinski definition) is 1. The van der Waals surface area contributed by atoms with E-state index in [4.69, 9.17) is 5.73 Å². The third kappa shape index (κ3) is 1.69. The number of nitrogens with two attached hydrogens (primary N) is 1.